The van der Waals surface area contributed by atoms with Crippen molar-refractivity contribution in [1.82, 2.24) is 0 Å². The van der Waals surface area contributed by atoms with Gasteiger partial charge in [0.2, 0.25) is 11.0 Å². The van der Waals surface area contributed by atoms with Gasteiger partial charge in [0.1, 0.15) is 20.5 Å². The predicted molar refractivity (Wildman–Crippen MR) is 180 cm³/mol. The second-order valence-corrected chi connectivity index (χ2v) is 13.4. The van der Waals surface area contributed by atoms with Gasteiger partial charge in [0.15, 0.2) is 11.5 Å². The molecular formula is C39H24N2O2S2+2. The van der Waals surface area contributed by atoms with Crippen molar-refractivity contribution in [2.75, 3.05) is 0 Å². The first kappa shape index (κ1) is 25.1. The second kappa shape index (κ2) is 9.35. The maximum absolute atomic E-state index is 7.15. The van der Waals surface area contributed by atoms with E-state index in [9.17, 15) is 0 Å². The summed E-state index contributed by atoms with van der Waals surface area (Å²) in [4.78, 5) is 0. The SMILES string of the molecule is c1ccc(-c2ccc3c(c2)sc2[n+]3C3(Oc4ccccc4-2)Oc2ccccc2-c2sc4cc(-c5ccccc5)ccc4[n+]23)cc1. The van der Waals surface area contributed by atoms with Gasteiger partial charge in [-0.05, 0) is 79.9 Å². The number of fused-ring (bicyclic) bond motifs is 12. The van der Waals surface area contributed by atoms with Crippen molar-refractivity contribution in [3.8, 4) is 54.9 Å². The molecule has 6 heteroatoms. The summed E-state index contributed by atoms with van der Waals surface area (Å²) < 4.78 is 21.2. The van der Waals surface area contributed by atoms with E-state index in [1.807, 2.05) is 24.3 Å². The van der Waals surface area contributed by atoms with E-state index < -0.39 is 6.03 Å². The molecule has 0 aliphatic carbocycles. The van der Waals surface area contributed by atoms with Crippen LogP contribution in [0.1, 0.15) is 0 Å². The molecule has 10 rings (SSSR count). The van der Waals surface area contributed by atoms with E-state index in [4.69, 9.17) is 9.47 Å². The van der Waals surface area contributed by atoms with Gasteiger partial charge in [-0.1, -0.05) is 108 Å². The number of aromatic nitrogens is 2. The van der Waals surface area contributed by atoms with Crippen LogP contribution in [-0.2, 0) is 6.03 Å². The minimum absolute atomic E-state index is 0.797. The van der Waals surface area contributed by atoms with E-state index in [0.29, 0.717) is 0 Å². The normalized spacial score (nSPS) is 13.9. The summed E-state index contributed by atoms with van der Waals surface area (Å²) in [5.74, 6) is 1.59. The lowest BCUT2D eigenvalue weighted by atomic mass is 10.1. The summed E-state index contributed by atoms with van der Waals surface area (Å²) in [5, 5.41) is 2.19. The lowest BCUT2D eigenvalue weighted by Crippen LogP contribution is -2.81. The van der Waals surface area contributed by atoms with E-state index in [1.54, 1.807) is 22.7 Å². The molecule has 0 unspecified atom stereocenters. The average Bonchev–Trinajstić information content (AvgIpc) is 3.69. The molecule has 0 atom stereocenters. The molecule has 45 heavy (non-hydrogen) atoms. The Morgan fingerprint density at radius 1 is 0.422 bits per heavy atom. The van der Waals surface area contributed by atoms with Gasteiger partial charge in [-0.2, -0.15) is 0 Å². The zero-order valence-corrected chi connectivity index (χ0v) is 25.5. The Labute approximate surface area is 267 Å². The van der Waals surface area contributed by atoms with Crippen LogP contribution in [0.15, 0.2) is 146 Å². The number of hydrogen-bond acceptors (Lipinski definition) is 4. The topological polar surface area (TPSA) is 26.2 Å². The average molecular weight is 617 g/mol. The smallest absolute Gasteiger partial charge is 0.340 e. The van der Waals surface area contributed by atoms with Gasteiger partial charge in [-0.15, -0.1) is 0 Å². The summed E-state index contributed by atoms with van der Waals surface area (Å²) in [5.41, 5.74) is 8.98. The van der Waals surface area contributed by atoms with E-state index in [1.165, 1.54) is 31.7 Å². The third-order valence-corrected chi connectivity index (χ3v) is 11.0. The minimum Gasteiger partial charge on any atom is -0.340 e. The third-order valence-electron chi connectivity index (χ3n) is 8.72. The maximum atomic E-state index is 7.15. The third kappa shape index (κ3) is 3.58. The number of benzene rings is 6. The van der Waals surface area contributed by atoms with Gasteiger partial charge in [-0.25, -0.2) is 0 Å². The monoisotopic (exact) mass is 616 g/mol. The first-order chi connectivity index (χ1) is 22.3. The first-order valence-corrected chi connectivity index (χ1v) is 16.6. The van der Waals surface area contributed by atoms with Crippen molar-refractivity contribution in [2.45, 2.75) is 6.03 Å². The van der Waals surface area contributed by atoms with Crippen LogP contribution in [0.4, 0.5) is 0 Å². The van der Waals surface area contributed by atoms with Gasteiger partial charge in [0.25, 0.3) is 10.0 Å². The Morgan fingerprint density at radius 3 is 1.31 bits per heavy atom. The van der Waals surface area contributed by atoms with Gasteiger partial charge < -0.3 is 9.47 Å². The molecular weight excluding hydrogens is 593 g/mol. The van der Waals surface area contributed by atoms with Crippen molar-refractivity contribution in [1.29, 1.82) is 0 Å². The Bertz CT molecular complexity index is 2270. The summed E-state index contributed by atoms with van der Waals surface area (Å²) >= 11 is 3.55. The predicted octanol–water partition coefficient (Wildman–Crippen LogP) is 9.26. The van der Waals surface area contributed by atoms with Crippen molar-refractivity contribution >= 4 is 43.1 Å². The number of nitrogens with zero attached hydrogens (tertiary/aromatic N) is 2. The van der Waals surface area contributed by atoms with Gasteiger partial charge in [-0.3, -0.25) is 0 Å². The number of para-hydroxylation sites is 2. The van der Waals surface area contributed by atoms with Crippen LogP contribution in [0, 0.1) is 0 Å². The molecule has 212 valence electrons. The molecule has 2 aliphatic rings. The fourth-order valence-corrected chi connectivity index (χ4v) is 9.15. The molecule has 4 nitrogen and oxygen atoms in total. The molecule has 0 saturated carbocycles. The molecule has 0 amide bonds. The summed E-state index contributed by atoms with van der Waals surface area (Å²) in [6.45, 7) is 0. The molecule has 0 radical (unpaired) electrons. The van der Waals surface area contributed by atoms with E-state index in [-0.39, 0.29) is 0 Å². The number of rotatable bonds is 2. The zero-order chi connectivity index (χ0) is 29.5. The van der Waals surface area contributed by atoms with Crippen LogP contribution in [0.25, 0.3) is 63.8 Å². The van der Waals surface area contributed by atoms with Crippen LogP contribution in [-0.4, -0.2) is 0 Å². The number of thiazole rings is 2. The van der Waals surface area contributed by atoms with Crippen molar-refractivity contribution in [3.05, 3.63) is 146 Å². The maximum Gasteiger partial charge on any atom is 0.717 e. The fourth-order valence-electron chi connectivity index (χ4n) is 6.67. The van der Waals surface area contributed by atoms with E-state index in [2.05, 4.69) is 130 Å². The summed E-state index contributed by atoms with van der Waals surface area (Å²) in [7, 11) is 0. The number of hydrogen-bond donors (Lipinski definition) is 0. The molecule has 2 aliphatic heterocycles. The molecule has 8 aromatic rings. The second-order valence-electron chi connectivity index (χ2n) is 11.3. The molecule has 0 bridgehead atoms. The molecule has 2 aromatic heterocycles. The lowest BCUT2D eigenvalue weighted by Gasteiger charge is -2.29. The van der Waals surface area contributed by atoms with Crippen LogP contribution in [0.3, 0.4) is 0 Å². The Morgan fingerprint density at radius 2 is 0.844 bits per heavy atom. The van der Waals surface area contributed by atoms with Crippen LogP contribution < -0.4 is 18.6 Å². The Hall–Kier alpha value is -5.30. The minimum atomic E-state index is -1.31. The quantitative estimate of drug-likeness (QED) is 0.181. The molecule has 0 fully saturated rings. The molecule has 0 saturated heterocycles. The van der Waals surface area contributed by atoms with E-state index >= 15 is 0 Å². The lowest BCUT2D eigenvalue weighted by molar-refractivity contribution is -1.04. The standard InChI is InChI=1S/C39H24N2O2S2/c1-3-11-25(12-4-1)27-19-21-31-35(23-27)44-37-29-15-7-9-17-33(29)42-39(40(31)37)41-32-22-20-28(26-13-5-2-6-14-26)24-36(32)45-38(41)30-16-8-10-18-34(30)43-39/h1-24H/q+2. The van der Waals surface area contributed by atoms with Gasteiger partial charge in [0, 0.05) is 12.1 Å². The van der Waals surface area contributed by atoms with E-state index in [0.717, 1.165) is 43.7 Å². The Balaban J connectivity index is 1.29. The summed E-state index contributed by atoms with van der Waals surface area (Å²) in [6.07, 6.45) is 0. The highest BCUT2D eigenvalue weighted by Crippen LogP contribution is 2.47. The van der Waals surface area contributed by atoms with Gasteiger partial charge in [0.05, 0.1) is 0 Å². The van der Waals surface area contributed by atoms with Crippen molar-refractivity contribution in [2.24, 2.45) is 0 Å². The van der Waals surface area contributed by atoms with Crippen molar-refractivity contribution in [3.63, 3.8) is 0 Å². The molecule has 0 N–H and O–H groups in total. The van der Waals surface area contributed by atoms with Crippen molar-refractivity contribution < 1.29 is 18.6 Å². The molecule has 4 heterocycles. The van der Waals surface area contributed by atoms with Crippen LogP contribution in [0.2, 0.25) is 0 Å². The number of ether oxygens (including phenoxy) is 2. The largest absolute Gasteiger partial charge is 0.717 e. The highest BCUT2D eigenvalue weighted by Gasteiger charge is 2.69. The summed E-state index contributed by atoms with van der Waals surface area (Å²) in [6, 6.07) is 49.8. The zero-order valence-electron chi connectivity index (χ0n) is 23.9. The highest BCUT2D eigenvalue weighted by atomic mass is 32.1. The molecule has 6 aromatic carbocycles. The first-order valence-electron chi connectivity index (χ1n) is 14.9. The fraction of sp³-hybridized carbons (Fsp3) is 0.0256. The Kier molecular flexibility index (Phi) is 5.21. The van der Waals surface area contributed by atoms with Crippen LogP contribution in [0.5, 0.6) is 11.5 Å². The van der Waals surface area contributed by atoms with Crippen LogP contribution >= 0.6 is 22.7 Å². The van der Waals surface area contributed by atoms with Gasteiger partial charge >= 0.3 is 6.03 Å². The molecule has 1 spiro atoms. The highest BCUT2D eigenvalue weighted by molar-refractivity contribution is 7.21.